The van der Waals surface area contributed by atoms with Crippen LogP contribution in [0.3, 0.4) is 0 Å². The molecular formula is C26H24Br2N2O5S. The van der Waals surface area contributed by atoms with Crippen LogP contribution in [0.25, 0.3) is 6.08 Å². The van der Waals surface area contributed by atoms with Crippen molar-refractivity contribution in [2.24, 2.45) is 4.99 Å². The number of aromatic hydroxyl groups is 1. The molecule has 1 aliphatic heterocycles. The van der Waals surface area contributed by atoms with Crippen LogP contribution in [0.15, 0.2) is 66.4 Å². The van der Waals surface area contributed by atoms with Crippen molar-refractivity contribution in [3.8, 4) is 11.5 Å². The Hall–Kier alpha value is -2.69. The number of hydrogen-bond donors (Lipinski definition) is 1. The fourth-order valence-corrected chi connectivity index (χ4v) is 6.18. The van der Waals surface area contributed by atoms with Crippen molar-refractivity contribution in [2.75, 3.05) is 6.61 Å². The van der Waals surface area contributed by atoms with E-state index < -0.39 is 12.0 Å². The van der Waals surface area contributed by atoms with Crippen LogP contribution >= 0.6 is 43.2 Å². The zero-order valence-electron chi connectivity index (χ0n) is 20.0. The number of phenols is 1. The van der Waals surface area contributed by atoms with Crippen molar-refractivity contribution in [1.82, 2.24) is 4.57 Å². The summed E-state index contributed by atoms with van der Waals surface area (Å²) in [5.74, 6) is 0.267. The van der Waals surface area contributed by atoms with Gasteiger partial charge >= 0.3 is 5.97 Å². The van der Waals surface area contributed by atoms with E-state index in [0.29, 0.717) is 47.5 Å². The highest BCUT2D eigenvalue weighted by Gasteiger charge is 2.33. The summed E-state index contributed by atoms with van der Waals surface area (Å²) in [6, 6.07) is 10.1. The number of benzene rings is 2. The molecule has 3 aromatic rings. The third-order valence-electron chi connectivity index (χ3n) is 5.43. The largest absolute Gasteiger partial charge is 0.506 e. The zero-order valence-corrected chi connectivity index (χ0v) is 24.0. The molecule has 0 aliphatic carbocycles. The van der Waals surface area contributed by atoms with E-state index in [1.165, 1.54) is 11.3 Å². The Morgan fingerprint density at radius 1 is 1.22 bits per heavy atom. The number of esters is 1. The number of nitrogens with zero attached hydrogens (tertiary/aromatic N) is 2. The van der Waals surface area contributed by atoms with Gasteiger partial charge in [0.15, 0.2) is 4.80 Å². The Bertz CT molecular complexity index is 1510. The maximum absolute atomic E-state index is 13.7. The first-order valence-electron chi connectivity index (χ1n) is 11.2. The van der Waals surface area contributed by atoms with Crippen molar-refractivity contribution in [3.63, 3.8) is 0 Å². The van der Waals surface area contributed by atoms with Gasteiger partial charge < -0.3 is 14.6 Å². The minimum atomic E-state index is -0.705. The summed E-state index contributed by atoms with van der Waals surface area (Å²) in [7, 11) is 0. The number of phenolic OH excluding ortho intramolecular Hbond substituents is 1. The summed E-state index contributed by atoms with van der Waals surface area (Å²) in [6.45, 7) is 7.75. The van der Waals surface area contributed by atoms with Gasteiger partial charge in [0.1, 0.15) is 11.5 Å². The summed E-state index contributed by atoms with van der Waals surface area (Å²) in [5, 5.41) is 10.0. The quantitative estimate of drug-likeness (QED) is 0.393. The predicted octanol–water partition coefficient (Wildman–Crippen LogP) is 4.82. The highest BCUT2D eigenvalue weighted by molar-refractivity contribution is 9.11. The number of aromatic nitrogens is 1. The van der Waals surface area contributed by atoms with E-state index in [0.717, 1.165) is 5.56 Å². The van der Waals surface area contributed by atoms with E-state index in [9.17, 15) is 14.7 Å². The van der Waals surface area contributed by atoms with E-state index in [-0.39, 0.29) is 17.4 Å². The van der Waals surface area contributed by atoms with Gasteiger partial charge in [-0.2, -0.15) is 0 Å². The van der Waals surface area contributed by atoms with Crippen LogP contribution in [0, 0.1) is 0 Å². The molecule has 10 heteroatoms. The first-order chi connectivity index (χ1) is 17.1. The second-order valence-corrected chi connectivity index (χ2v) is 11.1. The Kier molecular flexibility index (Phi) is 7.87. The van der Waals surface area contributed by atoms with Gasteiger partial charge in [0.25, 0.3) is 5.56 Å². The molecule has 0 amide bonds. The molecule has 2 heterocycles. The molecule has 0 saturated heterocycles. The maximum atomic E-state index is 13.7. The van der Waals surface area contributed by atoms with Crippen molar-refractivity contribution in [1.29, 1.82) is 0 Å². The molecule has 0 spiro atoms. The summed E-state index contributed by atoms with van der Waals surface area (Å²) in [6.07, 6.45) is 1.41. The van der Waals surface area contributed by atoms with Crippen LogP contribution in [0.4, 0.5) is 0 Å². The fourth-order valence-electron chi connectivity index (χ4n) is 3.91. The van der Waals surface area contributed by atoms with E-state index in [1.54, 1.807) is 43.5 Å². The van der Waals surface area contributed by atoms with Crippen molar-refractivity contribution < 1.29 is 19.4 Å². The number of halogens is 2. The lowest BCUT2D eigenvalue weighted by molar-refractivity contribution is -0.143. The molecule has 0 saturated carbocycles. The highest BCUT2D eigenvalue weighted by Crippen LogP contribution is 2.34. The summed E-state index contributed by atoms with van der Waals surface area (Å²) >= 11 is 7.89. The fraction of sp³-hybridized carbons (Fsp3) is 0.269. The Balaban J connectivity index is 1.92. The SMILES string of the molecule is CCOc1ccc([C@@H]2C(C(=O)OC(C)C)=C(C)N=c3s/c(=C/c4cc(Br)c(O)c(Br)c4)c(=O)n32)cc1. The number of thiazole rings is 1. The minimum Gasteiger partial charge on any atom is -0.506 e. The van der Waals surface area contributed by atoms with Crippen LogP contribution in [0.5, 0.6) is 11.5 Å². The normalized spacial score (nSPS) is 15.6. The van der Waals surface area contributed by atoms with E-state index in [2.05, 4.69) is 36.9 Å². The number of allylic oxidation sites excluding steroid dienone is 1. The van der Waals surface area contributed by atoms with Crippen LogP contribution in [0.1, 0.15) is 44.9 Å². The maximum Gasteiger partial charge on any atom is 0.338 e. The monoisotopic (exact) mass is 634 g/mol. The molecule has 4 rings (SSSR count). The van der Waals surface area contributed by atoms with E-state index in [1.807, 2.05) is 31.2 Å². The number of ether oxygens (including phenoxy) is 2. The van der Waals surface area contributed by atoms with Crippen molar-refractivity contribution in [2.45, 2.75) is 39.8 Å². The van der Waals surface area contributed by atoms with Crippen molar-refractivity contribution >= 4 is 55.2 Å². The molecule has 1 aromatic heterocycles. The number of carbonyl (C=O) groups is 1. The summed E-state index contributed by atoms with van der Waals surface area (Å²) in [4.78, 5) is 32.0. The Labute approximate surface area is 228 Å². The zero-order chi connectivity index (χ0) is 26.1. The van der Waals surface area contributed by atoms with Gasteiger partial charge in [0.05, 0.1) is 43.5 Å². The molecular weight excluding hydrogens is 612 g/mol. The van der Waals surface area contributed by atoms with Crippen LogP contribution in [0.2, 0.25) is 0 Å². The Morgan fingerprint density at radius 2 is 1.86 bits per heavy atom. The second kappa shape index (κ2) is 10.7. The average molecular weight is 636 g/mol. The number of hydrogen-bond acceptors (Lipinski definition) is 7. The molecule has 0 radical (unpaired) electrons. The Morgan fingerprint density at radius 3 is 2.44 bits per heavy atom. The molecule has 1 aliphatic rings. The topological polar surface area (TPSA) is 90.1 Å². The molecule has 1 atom stereocenters. The number of rotatable bonds is 6. The van der Waals surface area contributed by atoms with Crippen LogP contribution in [-0.2, 0) is 9.53 Å². The highest BCUT2D eigenvalue weighted by atomic mass is 79.9. The molecule has 7 nitrogen and oxygen atoms in total. The van der Waals surface area contributed by atoms with Gasteiger partial charge in [0, 0.05) is 0 Å². The second-order valence-electron chi connectivity index (χ2n) is 8.37. The van der Waals surface area contributed by atoms with Crippen LogP contribution in [-0.4, -0.2) is 28.4 Å². The third-order valence-corrected chi connectivity index (χ3v) is 7.62. The molecule has 188 valence electrons. The minimum absolute atomic E-state index is 0.0769. The lowest BCUT2D eigenvalue weighted by Gasteiger charge is -2.25. The predicted molar refractivity (Wildman–Crippen MR) is 146 cm³/mol. The average Bonchev–Trinajstić information content (AvgIpc) is 3.11. The van der Waals surface area contributed by atoms with Gasteiger partial charge in [-0.1, -0.05) is 23.5 Å². The molecule has 0 bridgehead atoms. The summed E-state index contributed by atoms with van der Waals surface area (Å²) in [5.41, 5.74) is 2.00. The van der Waals surface area contributed by atoms with Gasteiger partial charge in [0.2, 0.25) is 0 Å². The molecule has 0 unspecified atom stereocenters. The van der Waals surface area contributed by atoms with Gasteiger partial charge in [-0.05, 0) is 101 Å². The van der Waals surface area contributed by atoms with E-state index in [4.69, 9.17) is 9.47 Å². The lowest BCUT2D eigenvalue weighted by Crippen LogP contribution is -2.40. The lowest BCUT2D eigenvalue weighted by atomic mass is 9.96. The van der Waals surface area contributed by atoms with Crippen molar-refractivity contribution in [3.05, 3.63) is 87.4 Å². The number of fused-ring (bicyclic) bond motifs is 1. The van der Waals surface area contributed by atoms with Gasteiger partial charge in [-0.3, -0.25) is 9.36 Å². The smallest absolute Gasteiger partial charge is 0.338 e. The van der Waals surface area contributed by atoms with Gasteiger partial charge in [-0.25, -0.2) is 9.79 Å². The molecule has 0 fully saturated rings. The first-order valence-corrected chi connectivity index (χ1v) is 13.6. The van der Waals surface area contributed by atoms with E-state index >= 15 is 0 Å². The first kappa shape index (κ1) is 26.4. The van der Waals surface area contributed by atoms with Gasteiger partial charge in [-0.15, -0.1) is 0 Å². The molecule has 1 N–H and O–H groups in total. The molecule has 36 heavy (non-hydrogen) atoms. The van der Waals surface area contributed by atoms with Crippen LogP contribution < -0.4 is 19.6 Å². The number of carbonyl (C=O) groups excluding carboxylic acids is 1. The third kappa shape index (κ3) is 5.21. The standard InChI is InChI=1S/C26H24Br2N2O5S/c1-5-34-17-8-6-16(7-9-17)22-21(25(33)35-13(2)3)14(4)29-26-30(22)24(32)20(36-26)12-15-10-18(27)23(31)19(28)11-15/h6-13,22,31H,5H2,1-4H3/b20-12+/t22-/m1/s1. The molecule has 2 aromatic carbocycles. The summed E-state index contributed by atoms with van der Waals surface area (Å²) < 4.78 is 14.1.